The molecule has 1 fully saturated rings. The van der Waals surface area contributed by atoms with Gasteiger partial charge in [-0.25, -0.2) is 0 Å². The van der Waals surface area contributed by atoms with Crippen LogP contribution < -0.4 is 10.1 Å². The van der Waals surface area contributed by atoms with E-state index in [2.05, 4.69) is 12.2 Å². The summed E-state index contributed by atoms with van der Waals surface area (Å²) in [6.45, 7) is 6.86. The van der Waals surface area contributed by atoms with Crippen molar-refractivity contribution in [3.8, 4) is 5.75 Å². The number of para-hydroxylation sites is 2. The number of hydrogen-bond acceptors (Lipinski definition) is 4. The number of hydrogen-bond donors (Lipinski definition) is 1. The minimum Gasteiger partial charge on any atom is -0.489 e. The SMILES string of the molecule is C[C@@H]1Oc2c(C(=O)N3CCN(CC(=O)Nc4ccccc4Cl)CC3)cccc2[C@H]1C. The van der Waals surface area contributed by atoms with Gasteiger partial charge in [0, 0.05) is 37.7 Å². The predicted molar refractivity (Wildman–Crippen MR) is 117 cm³/mol. The number of nitrogens with zero attached hydrogens (tertiary/aromatic N) is 2. The van der Waals surface area contributed by atoms with Gasteiger partial charge in [-0.05, 0) is 25.1 Å². The molecule has 2 atom stereocenters. The summed E-state index contributed by atoms with van der Waals surface area (Å²) in [5, 5.41) is 3.36. The number of carbonyl (C=O) groups excluding carboxylic acids is 2. The van der Waals surface area contributed by atoms with Crippen LogP contribution in [0.4, 0.5) is 5.69 Å². The summed E-state index contributed by atoms with van der Waals surface area (Å²) in [6.07, 6.45) is 0.0717. The zero-order valence-corrected chi connectivity index (χ0v) is 18.0. The van der Waals surface area contributed by atoms with Crippen LogP contribution in [0.25, 0.3) is 0 Å². The van der Waals surface area contributed by atoms with Crippen molar-refractivity contribution in [2.45, 2.75) is 25.9 Å². The number of halogens is 1. The lowest BCUT2D eigenvalue weighted by Crippen LogP contribution is -2.50. The molecule has 30 heavy (non-hydrogen) atoms. The lowest BCUT2D eigenvalue weighted by atomic mass is 9.96. The number of anilines is 1. The molecule has 7 heteroatoms. The molecule has 2 aliphatic heterocycles. The smallest absolute Gasteiger partial charge is 0.257 e. The third-order valence-electron chi connectivity index (χ3n) is 5.95. The van der Waals surface area contributed by atoms with E-state index in [0.717, 1.165) is 11.3 Å². The molecule has 0 aliphatic carbocycles. The van der Waals surface area contributed by atoms with Gasteiger partial charge < -0.3 is 15.0 Å². The van der Waals surface area contributed by atoms with Gasteiger partial charge in [0.2, 0.25) is 5.91 Å². The van der Waals surface area contributed by atoms with Gasteiger partial charge in [0.25, 0.3) is 5.91 Å². The molecule has 1 saturated heterocycles. The average molecular weight is 428 g/mol. The lowest BCUT2D eigenvalue weighted by Gasteiger charge is -2.34. The summed E-state index contributed by atoms with van der Waals surface area (Å²) in [5.74, 6) is 0.888. The molecule has 2 heterocycles. The van der Waals surface area contributed by atoms with Crippen LogP contribution in [0.1, 0.15) is 35.7 Å². The van der Waals surface area contributed by atoms with Crippen LogP contribution in [0, 0.1) is 0 Å². The maximum Gasteiger partial charge on any atom is 0.257 e. The summed E-state index contributed by atoms with van der Waals surface area (Å²) in [7, 11) is 0. The van der Waals surface area contributed by atoms with E-state index in [9.17, 15) is 9.59 Å². The Morgan fingerprint density at radius 2 is 1.80 bits per heavy atom. The molecule has 0 saturated carbocycles. The van der Waals surface area contributed by atoms with Crippen molar-refractivity contribution in [3.63, 3.8) is 0 Å². The zero-order valence-electron chi connectivity index (χ0n) is 17.2. The van der Waals surface area contributed by atoms with Crippen molar-refractivity contribution in [2.24, 2.45) is 0 Å². The summed E-state index contributed by atoms with van der Waals surface area (Å²) >= 11 is 6.10. The minimum atomic E-state index is -0.111. The van der Waals surface area contributed by atoms with Gasteiger partial charge in [0.15, 0.2) is 0 Å². The fourth-order valence-electron chi connectivity index (χ4n) is 3.99. The van der Waals surface area contributed by atoms with Crippen LogP contribution in [0.5, 0.6) is 5.75 Å². The van der Waals surface area contributed by atoms with E-state index in [4.69, 9.17) is 16.3 Å². The number of fused-ring (bicyclic) bond motifs is 1. The van der Waals surface area contributed by atoms with E-state index < -0.39 is 0 Å². The number of benzene rings is 2. The van der Waals surface area contributed by atoms with Crippen molar-refractivity contribution in [2.75, 3.05) is 38.0 Å². The van der Waals surface area contributed by atoms with Crippen molar-refractivity contribution in [3.05, 3.63) is 58.6 Å². The Hall–Kier alpha value is -2.57. The highest BCUT2D eigenvalue weighted by Crippen LogP contribution is 2.40. The van der Waals surface area contributed by atoms with Crippen molar-refractivity contribution in [1.82, 2.24) is 9.80 Å². The first-order valence-electron chi connectivity index (χ1n) is 10.3. The summed E-state index contributed by atoms with van der Waals surface area (Å²) < 4.78 is 5.98. The van der Waals surface area contributed by atoms with Gasteiger partial charge >= 0.3 is 0 Å². The monoisotopic (exact) mass is 427 g/mol. The second kappa shape index (κ2) is 8.66. The molecule has 0 bridgehead atoms. The largest absolute Gasteiger partial charge is 0.489 e. The molecule has 2 amide bonds. The van der Waals surface area contributed by atoms with Gasteiger partial charge in [-0.3, -0.25) is 14.5 Å². The van der Waals surface area contributed by atoms with Gasteiger partial charge in [0.1, 0.15) is 11.9 Å². The molecule has 0 unspecified atom stereocenters. The second-order valence-corrected chi connectivity index (χ2v) is 8.34. The number of ether oxygens (including phenoxy) is 1. The van der Waals surface area contributed by atoms with Crippen LogP contribution in [0.3, 0.4) is 0 Å². The molecule has 1 N–H and O–H groups in total. The number of piperazine rings is 1. The highest BCUT2D eigenvalue weighted by atomic mass is 35.5. The van der Waals surface area contributed by atoms with Gasteiger partial charge in [-0.2, -0.15) is 0 Å². The molecular formula is C23H26ClN3O3. The van der Waals surface area contributed by atoms with Crippen LogP contribution in [-0.2, 0) is 4.79 Å². The summed E-state index contributed by atoms with van der Waals surface area (Å²) in [6, 6.07) is 13.0. The molecule has 0 aromatic heterocycles. The molecule has 2 aliphatic rings. The van der Waals surface area contributed by atoms with Crippen molar-refractivity contribution >= 4 is 29.1 Å². The number of rotatable bonds is 4. The molecule has 2 aromatic rings. The summed E-state index contributed by atoms with van der Waals surface area (Å²) in [5.41, 5.74) is 2.34. The third kappa shape index (κ3) is 4.16. The second-order valence-electron chi connectivity index (χ2n) is 7.93. The lowest BCUT2D eigenvalue weighted by molar-refractivity contribution is -0.117. The maximum absolute atomic E-state index is 13.1. The number of carbonyl (C=O) groups is 2. The summed E-state index contributed by atoms with van der Waals surface area (Å²) in [4.78, 5) is 29.4. The number of amides is 2. The normalized spacial score (nSPS) is 21.1. The van der Waals surface area contributed by atoms with E-state index >= 15 is 0 Å². The van der Waals surface area contributed by atoms with Crippen molar-refractivity contribution < 1.29 is 14.3 Å². The van der Waals surface area contributed by atoms with E-state index in [0.29, 0.717) is 42.5 Å². The Kier molecular flexibility index (Phi) is 5.97. The van der Waals surface area contributed by atoms with Gasteiger partial charge in [-0.15, -0.1) is 0 Å². The topological polar surface area (TPSA) is 61.9 Å². The van der Waals surface area contributed by atoms with Crippen LogP contribution in [0.15, 0.2) is 42.5 Å². The highest BCUT2D eigenvalue weighted by molar-refractivity contribution is 6.33. The Balaban J connectivity index is 1.34. The standard InChI is InChI=1S/C23H26ClN3O3/c1-15-16(2)30-22-17(15)6-5-7-18(22)23(29)27-12-10-26(11-13-27)14-21(28)25-20-9-4-3-8-19(20)24/h3-9,15-16H,10-14H2,1-2H3,(H,25,28)/t15-,16-/m0/s1. The zero-order chi connectivity index (χ0) is 21.3. The quantitative estimate of drug-likeness (QED) is 0.809. The van der Waals surface area contributed by atoms with Crippen LogP contribution >= 0.6 is 11.6 Å². The van der Waals surface area contributed by atoms with E-state index in [1.165, 1.54) is 0 Å². The molecule has 0 radical (unpaired) electrons. The Morgan fingerprint density at radius 3 is 2.53 bits per heavy atom. The van der Waals surface area contributed by atoms with Crippen LogP contribution in [0.2, 0.25) is 5.02 Å². The molecule has 0 spiro atoms. The predicted octanol–water partition coefficient (Wildman–Crippen LogP) is 3.62. The fraction of sp³-hybridized carbons (Fsp3) is 0.391. The Bertz CT molecular complexity index is 956. The van der Waals surface area contributed by atoms with Crippen LogP contribution in [-0.4, -0.2) is 60.4 Å². The maximum atomic E-state index is 13.1. The molecule has 6 nitrogen and oxygen atoms in total. The highest BCUT2D eigenvalue weighted by Gasteiger charge is 2.33. The fourth-order valence-corrected chi connectivity index (χ4v) is 4.17. The van der Waals surface area contributed by atoms with E-state index in [-0.39, 0.29) is 30.4 Å². The average Bonchev–Trinajstić information content (AvgIpc) is 3.04. The molecule has 2 aromatic carbocycles. The molecular weight excluding hydrogens is 402 g/mol. The first kappa shape index (κ1) is 20.7. The van der Waals surface area contributed by atoms with E-state index in [1.807, 2.05) is 47.1 Å². The third-order valence-corrected chi connectivity index (χ3v) is 6.28. The number of nitrogens with one attached hydrogen (secondary N) is 1. The van der Waals surface area contributed by atoms with Gasteiger partial charge in [-0.1, -0.05) is 42.8 Å². The first-order valence-corrected chi connectivity index (χ1v) is 10.7. The molecule has 4 rings (SSSR count). The molecule has 158 valence electrons. The van der Waals surface area contributed by atoms with Gasteiger partial charge in [0.05, 0.1) is 22.8 Å². The first-order chi connectivity index (χ1) is 14.4. The minimum absolute atomic E-state index is 0.00619. The Morgan fingerprint density at radius 1 is 1.07 bits per heavy atom. The van der Waals surface area contributed by atoms with E-state index in [1.54, 1.807) is 12.1 Å². The Labute approximate surface area is 181 Å². The van der Waals surface area contributed by atoms with Crippen molar-refractivity contribution in [1.29, 1.82) is 0 Å².